The zero-order valence-corrected chi connectivity index (χ0v) is 7.00. The van der Waals surface area contributed by atoms with Gasteiger partial charge in [-0.1, -0.05) is 11.6 Å². The van der Waals surface area contributed by atoms with E-state index in [-0.39, 0.29) is 0 Å². The Hall–Kier alpha value is -1.03. The summed E-state index contributed by atoms with van der Waals surface area (Å²) in [5.74, 6) is 0. The molecular weight excluding hydrogens is 164 g/mol. The van der Waals surface area contributed by atoms with E-state index in [1.54, 1.807) is 9.36 Å². The number of halogens is 1. The van der Waals surface area contributed by atoms with Crippen molar-refractivity contribution in [2.75, 3.05) is 0 Å². The zero-order valence-electron chi connectivity index (χ0n) is 6.24. The van der Waals surface area contributed by atoms with Crippen LogP contribution in [0.4, 0.5) is 0 Å². The van der Waals surface area contributed by atoms with Crippen LogP contribution in [0, 0.1) is 0 Å². The first-order valence-corrected chi connectivity index (χ1v) is 3.58. The summed E-state index contributed by atoms with van der Waals surface area (Å²) in [5.41, 5.74) is 1.72. The molecule has 0 atom stereocenters. The number of hydrogen-bond donors (Lipinski definition) is 0. The fraction of sp³-hybridized carbons (Fsp3) is 0.333. The molecule has 0 aliphatic rings. The highest BCUT2D eigenvalue weighted by Gasteiger charge is 2.08. The number of aryl methyl sites for hydroxylation is 2. The zero-order chi connectivity index (χ0) is 8.01. The minimum atomic E-state index is 0.461. The van der Waals surface area contributed by atoms with Crippen molar-refractivity contribution < 1.29 is 0 Å². The van der Waals surface area contributed by atoms with Gasteiger partial charge in [0.25, 0.3) is 0 Å². The van der Waals surface area contributed by atoms with Crippen LogP contribution in [0.2, 0.25) is 5.15 Å². The molecular formula is C6H7ClN4. The van der Waals surface area contributed by atoms with Crippen LogP contribution >= 0.6 is 11.6 Å². The molecule has 0 amide bonds. The summed E-state index contributed by atoms with van der Waals surface area (Å²) in [6.07, 6.45) is 1.88. The Morgan fingerprint density at radius 1 is 1.36 bits per heavy atom. The fourth-order valence-corrected chi connectivity index (χ4v) is 1.34. The van der Waals surface area contributed by atoms with Gasteiger partial charge in [0.1, 0.15) is 11.0 Å². The molecule has 11 heavy (non-hydrogen) atoms. The van der Waals surface area contributed by atoms with E-state index in [0.717, 1.165) is 11.0 Å². The highest BCUT2D eigenvalue weighted by atomic mass is 35.5. The summed E-state index contributed by atoms with van der Waals surface area (Å²) in [5, 5.41) is 8.59. The van der Waals surface area contributed by atoms with Gasteiger partial charge in [0, 0.05) is 14.1 Å². The monoisotopic (exact) mass is 170 g/mol. The molecule has 0 aliphatic heterocycles. The van der Waals surface area contributed by atoms with E-state index in [1.807, 2.05) is 20.3 Å². The second-order valence-electron chi connectivity index (χ2n) is 2.45. The molecule has 0 saturated carbocycles. The van der Waals surface area contributed by atoms with Crippen LogP contribution in [0.25, 0.3) is 11.0 Å². The number of hydrogen-bond acceptors (Lipinski definition) is 2. The Kier molecular flexibility index (Phi) is 1.20. The standard InChI is InChI=1S/C6H7ClN4/c1-10-3-4-5(8-10)6(7)9-11(4)2/h3H,1-2H3. The first-order valence-electron chi connectivity index (χ1n) is 3.20. The second kappa shape index (κ2) is 1.98. The Balaban J connectivity index is 2.92. The van der Waals surface area contributed by atoms with Gasteiger partial charge < -0.3 is 0 Å². The van der Waals surface area contributed by atoms with Crippen molar-refractivity contribution in [1.29, 1.82) is 0 Å². The van der Waals surface area contributed by atoms with Gasteiger partial charge in [0.2, 0.25) is 0 Å². The van der Waals surface area contributed by atoms with Crippen LogP contribution in [0.1, 0.15) is 0 Å². The van der Waals surface area contributed by atoms with Crippen LogP contribution < -0.4 is 0 Å². The van der Waals surface area contributed by atoms with Gasteiger partial charge in [-0.2, -0.15) is 10.2 Å². The third-order valence-electron chi connectivity index (χ3n) is 1.59. The summed E-state index contributed by atoms with van der Waals surface area (Å²) in [7, 11) is 3.70. The average molecular weight is 171 g/mol. The SMILES string of the molecule is Cn1cc2c(n1)c(Cl)nn2C. The Morgan fingerprint density at radius 3 is 2.73 bits per heavy atom. The van der Waals surface area contributed by atoms with Gasteiger partial charge >= 0.3 is 0 Å². The van der Waals surface area contributed by atoms with Crippen LogP contribution in [0.3, 0.4) is 0 Å². The van der Waals surface area contributed by atoms with Crippen LogP contribution in [-0.2, 0) is 14.1 Å². The molecule has 0 spiro atoms. The van der Waals surface area contributed by atoms with Crippen molar-refractivity contribution in [3.63, 3.8) is 0 Å². The summed E-state index contributed by atoms with van der Waals surface area (Å²) < 4.78 is 3.43. The molecule has 58 valence electrons. The summed E-state index contributed by atoms with van der Waals surface area (Å²) in [6, 6.07) is 0. The summed E-state index contributed by atoms with van der Waals surface area (Å²) >= 11 is 5.78. The molecule has 0 bridgehead atoms. The maximum Gasteiger partial charge on any atom is 0.179 e. The second-order valence-corrected chi connectivity index (χ2v) is 2.81. The van der Waals surface area contributed by atoms with Crippen molar-refractivity contribution in [3.05, 3.63) is 11.3 Å². The molecule has 0 aliphatic carbocycles. The molecule has 2 heterocycles. The van der Waals surface area contributed by atoms with Crippen LogP contribution in [-0.4, -0.2) is 19.6 Å². The van der Waals surface area contributed by atoms with Gasteiger partial charge in [-0.25, -0.2) is 0 Å². The number of fused-ring (bicyclic) bond motifs is 1. The topological polar surface area (TPSA) is 35.6 Å². The van der Waals surface area contributed by atoms with E-state index in [1.165, 1.54) is 0 Å². The molecule has 2 aromatic heterocycles. The van der Waals surface area contributed by atoms with Gasteiger partial charge in [0.15, 0.2) is 5.15 Å². The molecule has 0 fully saturated rings. The molecule has 0 aromatic carbocycles. The molecule has 0 radical (unpaired) electrons. The van der Waals surface area contributed by atoms with E-state index in [9.17, 15) is 0 Å². The van der Waals surface area contributed by atoms with E-state index >= 15 is 0 Å². The highest BCUT2D eigenvalue weighted by Crippen LogP contribution is 2.19. The Bertz CT molecular complexity index is 365. The van der Waals surface area contributed by atoms with Crippen molar-refractivity contribution in [2.24, 2.45) is 14.1 Å². The minimum Gasteiger partial charge on any atom is -0.273 e. The lowest BCUT2D eigenvalue weighted by Gasteiger charge is -1.86. The van der Waals surface area contributed by atoms with E-state index in [4.69, 9.17) is 11.6 Å². The summed E-state index contributed by atoms with van der Waals surface area (Å²) in [4.78, 5) is 0. The predicted molar refractivity (Wildman–Crippen MR) is 42.5 cm³/mol. The Morgan fingerprint density at radius 2 is 2.09 bits per heavy atom. The van der Waals surface area contributed by atoms with Gasteiger partial charge in [0.05, 0.1) is 6.20 Å². The maximum absolute atomic E-state index is 5.78. The molecule has 0 N–H and O–H groups in total. The van der Waals surface area contributed by atoms with E-state index in [0.29, 0.717) is 5.15 Å². The van der Waals surface area contributed by atoms with Gasteiger partial charge in [-0.3, -0.25) is 9.36 Å². The first-order chi connectivity index (χ1) is 5.18. The number of nitrogens with zero attached hydrogens (tertiary/aromatic N) is 4. The smallest absolute Gasteiger partial charge is 0.179 e. The van der Waals surface area contributed by atoms with Crippen LogP contribution in [0.15, 0.2) is 6.20 Å². The molecule has 2 rings (SSSR count). The quantitative estimate of drug-likeness (QED) is 0.591. The van der Waals surface area contributed by atoms with Crippen LogP contribution in [0.5, 0.6) is 0 Å². The van der Waals surface area contributed by atoms with Crippen molar-refractivity contribution in [1.82, 2.24) is 19.6 Å². The first kappa shape index (κ1) is 6.67. The third kappa shape index (κ3) is 0.826. The van der Waals surface area contributed by atoms with Crippen molar-refractivity contribution >= 4 is 22.6 Å². The minimum absolute atomic E-state index is 0.461. The normalized spacial score (nSPS) is 11.2. The molecule has 2 aromatic rings. The fourth-order valence-electron chi connectivity index (χ4n) is 1.09. The molecule has 4 nitrogen and oxygen atoms in total. The van der Waals surface area contributed by atoms with E-state index < -0.39 is 0 Å². The number of aromatic nitrogens is 4. The lowest BCUT2D eigenvalue weighted by Crippen LogP contribution is -1.90. The molecule has 5 heteroatoms. The third-order valence-corrected chi connectivity index (χ3v) is 1.85. The lowest BCUT2D eigenvalue weighted by molar-refractivity contribution is 0.757. The van der Waals surface area contributed by atoms with Gasteiger partial charge in [-0.15, -0.1) is 0 Å². The summed E-state index contributed by atoms with van der Waals surface area (Å²) in [6.45, 7) is 0. The number of rotatable bonds is 0. The van der Waals surface area contributed by atoms with Crippen molar-refractivity contribution in [2.45, 2.75) is 0 Å². The lowest BCUT2D eigenvalue weighted by atomic mass is 10.5. The average Bonchev–Trinajstić information content (AvgIpc) is 2.38. The predicted octanol–water partition coefficient (Wildman–Crippen LogP) is 0.960. The highest BCUT2D eigenvalue weighted by molar-refractivity contribution is 6.33. The molecule has 0 saturated heterocycles. The Labute approximate surface area is 68.4 Å². The maximum atomic E-state index is 5.78. The van der Waals surface area contributed by atoms with Crippen molar-refractivity contribution in [3.8, 4) is 0 Å². The largest absolute Gasteiger partial charge is 0.273 e. The van der Waals surface area contributed by atoms with E-state index in [2.05, 4.69) is 10.2 Å². The molecule has 0 unspecified atom stereocenters. The van der Waals surface area contributed by atoms with Gasteiger partial charge in [-0.05, 0) is 0 Å².